The molecule has 0 unspecified atom stereocenters. The van der Waals surface area contributed by atoms with Gasteiger partial charge in [0, 0.05) is 12.1 Å². The van der Waals surface area contributed by atoms with Gasteiger partial charge in [-0.1, -0.05) is 29.3 Å². The lowest BCUT2D eigenvalue weighted by Gasteiger charge is -2.04. The largest absolute Gasteiger partial charge is 0.505 e. The van der Waals surface area contributed by atoms with Gasteiger partial charge in [-0.2, -0.15) is 5.10 Å². The predicted octanol–water partition coefficient (Wildman–Crippen LogP) is 3.69. The van der Waals surface area contributed by atoms with Crippen LogP contribution in [0.5, 0.6) is 5.75 Å². The van der Waals surface area contributed by atoms with Gasteiger partial charge in [0.05, 0.1) is 10.0 Å². The average molecular weight is 399 g/mol. The molecule has 0 aliphatic carbocycles. The third kappa shape index (κ3) is 3.76. The number of halogens is 4. The highest BCUT2D eigenvalue weighted by Gasteiger charge is 2.15. The summed E-state index contributed by atoms with van der Waals surface area (Å²) in [5.74, 6) is -2.78. The highest BCUT2D eigenvalue weighted by Crippen LogP contribution is 2.35. The smallest absolute Gasteiger partial charge is 0.288 e. The van der Waals surface area contributed by atoms with E-state index in [9.17, 15) is 18.7 Å². The standard InChI is InChI=1S/C16H10Cl2F2N4O2/c17-9-4-8(5-10(18)13(9)25)14-22-15(24-23-14)16(26)21-6-7-1-2-11(19)12(20)3-7/h1-5,25H,6H2,(H,21,26)(H,22,23,24). The first-order valence-electron chi connectivity index (χ1n) is 7.18. The van der Waals surface area contributed by atoms with Crippen LogP contribution in [0.3, 0.4) is 0 Å². The van der Waals surface area contributed by atoms with Crippen LogP contribution >= 0.6 is 23.2 Å². The number of nitrogens with one attached hydrogen (secondary N) is 2. The molecular weight excluding hydrogens is 389 g/mol. The molecule has 0 spiro atoms. The summed E-state index contributed by atoms with van der Waals surface area (Å²) in [6.07, 6.45) is 0. The number of hydrogen-bond donors (Lipinski definition) is 3. The molecule has 0 atom stereocenters. The molecule has 1 heterocycles. The van der Waals surface area contributed by atoms with Crippen molar-refractivity contribution in [2.45, 2.75) is 6.54 Å². The number of H-pyrrole nitrogens is 1. The lowest BCUT2D eigenvalue weighted by Crippen LogP contribution is -2.24. The summed E-state index contributed by atoms with van der Waals surface area (Å²) in [4.78, 5) is 16.1. The third-order valence-electron chi connectivity index (χ3n) is 3.41. The van der Waals surface area contributed by atoms with Crippen LogP contribution in [0.4, 0.5) is 8.78 Å². The number of nitrogens with zero attached hydrogens (tertiary/aromatic N) is 2. The Hall–Kier alpha value is -2.71. The summed E-state index contributed by atoms with van der Waals surface area (Å²) in [7, 11) is 0. The van der Waals surface area contributed by atoms with E-state index in [-0.39, 0.29) is 34.0 Å². The lowest BCUT2D eigenvalue weighted by molar-refractivity contribution is 0.0941. The summed E-state index contributed by atoms with van der Waals surface area (Å²) in [5, 5.41) is 18.4. The first-order valence-corrected chi connectivity index (χ1v) is 7.93. The molecule has 0 saturated heterocycles. The Balaban J connectivity index is 1.73. The van der Waals surface area contributed by atoms with Crippen molar-refractivity contribution in [1.29, 1.82) is 0 Å². The van der Waals surface area contributed by atoms with E-state index >= 15 is 0 Å². The number of hydrogen-bond acceptors (Lipinski definition) is 4. The maximum atomic E-state index is 13.2. The average Bonchev–Trinajstić information content (AvgIpc) is 3.10. The van der Waals surface area contributed by atoms with E-state index in [0.29, 0.717) is 11.1 Å². The van der Waals surface area contributed by atoms with Crippen LogP contribution in [0, 0.1) is 11.6 Å². The van der Waals surface area contributed by atoms with Gasteiger partial charge in [-0.05, 0) is 29.8 Å². The Morgan fingerprint density at radius 3 is 2.50 bits per heavy atom. The molecule has 2 aromatic carbocycles. The molecule has 0 saturated carbocycles. The molecule has 134 valence electrons. The monoisotopic (exact) mass is 398 g/mol. The van der Waals surface area contributed by atoms with Crippen molar-refractivity contribution in [2.75, 3.05) is 0 Å². The quantitative estimate of drug-likeness (QED) is 0.624. The van der Waals surface area contributed by atoms with E-state index in [4.69, 9.17) is 23.2 Å². The maximum absolute atomic E-state index is 13.2. The molecule has 0 aliphatic rings. The topological polar surface area (TPSA) is 90.9 Å². The molecule has 0 radical (unpaired) electrons. The number of carbonyl (C=O) groups is 1. The highest BCUT2D eigenvalue weighted by molar-refractivity contribution is 6.37. The molecule has 3 N–H and O–H groups in total. The second-order valence-electron chi connectivity index (χ2n) is 5.23. The zero-order valence-corrected chi connectivity index (χ0v) is 14.4. The van der Waals surface area contributed by atoms with E-state index in [0.717, 1.165) is 12.1 Å². The number of amides is 1. The molecule has 3 rings (SSSR count). The summed E-state index contributed by atoms with van der Waals surface area (Å²) in [6.45, 7) is -0.0249. The highest BCUT2D eigenvalue weighted by atomic mass is 35.5. The van der Waals surface area contributed by atoms with Crippen molar-refractivity contribution in [3.8, 4) is 17.1 Å². The van der Waals surface area contributed by atoms with Crippen LogP contribution < -0.4 is 5.32 Å². The van der Waals surface area contributed by atoms with Crippen molar-refractivity contribution in [1.82, 2.24) is 20.5 Å². The molecule has 1 amide bonds. The van der Waals surface area contributed by atoms with Crippen molar-refractivity contribution < 1.29 is 18.7 Å². The molecule has 6 nitrogen and oxygen atoms in total. The van der Waals surface area contributed by atoms with Crippen molar-refractivity contribution in [3.05, 3.63) is 63.4 Å². The van der Waals surface area contributed by atoms with Gasteiger partial charge in [-0.3, -0.25) is 9.89 Å². The molecule has 26 heavy (non-hydrogen) atoms. The molecule has 1 aromatic heterocycles. The number of carbonyl (C=O) groups excluding carboxylic acids is 1. The molecule has 0 aliphatic heterocycles. The van der Waals surface area contributed by atoms with Gasteiger partial charge in [0.2, 0.25) is 5.82 Å². The minimum Gasteiger partial charge on any atom is -0.505 e. The molecule has 3 aromatic rings. The minimum atomic E-state index is -1.00. The summed E-state index contributed by atoms with van der Waals surface area (Å²) >= 11 is 11.7. The van der Waals surface area contributed by atoms with Gasteiger partial charge >= 0.3 is 0 Å². The van der Waals surface area contributed by atoms with Crippen LogP contribution in [0.25, 0.3) is 11.4 Å². The molecule has 0 fully saturated rings. The zero-order chi connectivity index (χ0) is 18.8. The number of benzene rings is 2. The van der Waals surface area contributed by atoms with E-state index in [1.54, 1.807) is 0 Å². The predicted molar refractivity (Wildman–Crippen MR) is 91.0 cm³/mol. The van der Waals surface area contributed by atoms with Crippen LogP contribution in [0.1, 0.15) is 16.2 Å². The first kappa shape index (κ1) is 18.1. The number of aromatic nitrogens is 3. The Morgan fingerprint density at radius 2 is 1.85 bits per heavy atom. The van der Waals surface area contributed by atoms with Crippen molar-refractivity contribution in [3.63, 3.8) is 0 Å². The fourth-order valence-corrected chi connectivity index (χ4v) is 2.59. The first-order chi connectivity index (χ1) is 12.3. The second-order valence-corrected chi connectivity index (χ2v) is 6.04. The molecular formula is C16H10Cl2F2N4O2. The second kappa shape index (κ2) is 7.27. The fourth-order valence-electron chi connectivity index (χ4n) is 2.10. The minimum absolute atomic E-state index is 0.0154. The Bertz CT molecular complexity index is 971. The van der Waals surface area contributed by atoms with Gasteiger partial charge in [0.1, 0.15) is 0 Å². The maximum Gasteiger partial charge on any atom is 0.288 e. The third-order valence-corrected chi connectivity index (χ3v) is 3.99. The van der Waals surface area contributed by atoms with E-state index in [1.165, 1.54) is 18.2 Å². The van der Waals surface area contributed by atoms with Crippen molar-refractivity contribution >= 4 is 29.1 Å². The van der Waals surface area contributed by atoms with E-state index < -0.39 is 17.5 Å². The van der Waals surface area contributed by atoms with Gasteiger partial charge in [0.25, 0.3) is 5.91 Å². The Kier molecular flexibility index (Phi) is 5.06. The van der Waals surface area contributed by atoms with Gasteiger partial charge in [0.15, 0.2) is 23.2 Å². The fraction of sp³-hybridized carbons (Fsp3) is 0.0625. The summed E-state index contributed by atoms with van der Waals surface area (Å²) < 4.78 is 26.0. The number of aromatic amines is 1. The number of rotatable bonds is 4. The zero-order valence-electron chi connectivity index (χ0n) is 12.9. The normalized spacial score (nSPS) is 10.8. The van der Waals surface area contributed by atoms with Crippen LogP contribution in [-0.2, 0) is 6.54 Å². The van der Waals surface area contributed by atoms with Gasteiger partial charge in [-0.15, -0.1) is 0 Å². The van der Waals surface area contributed by atoms with E-state index in [2.05, 4.69) is 20.5 Å². The lowest BCUT2D eigenvalue weighted by atomic mass is 10.2. The number of phenols is 1. The van der Waals surface area contributed by atoms with Crippen molar-refractivity contribution in [2.24, 2.45) is 0 Å². The van der Waals surface area contributed by atoms with Gasteiger partial charge in [-0.25, -0.2) is 13.8 Å². The van der Waals surface area contributed by atoms with Crippen LogP contribution in [-0.4, -0.2) is 26.2 Å². The Morgan fingerprint density at radius 1 is 1.15 bits per heavy atom. The summed E-state index contributed by atoms with van der Waals surface area (Å²) in [6, 6.07) is 6.11. The van der Waals surface area contributed by atoms with Crippen LogP contribution in [0.15, 0.2) is 30.3 Å². The summed E-state index contributed by atoms with van der Waals surface area (Å²) in [5.41, 5.74) is 0.780. The molecule has 10 heteroatoms. The number of phenolic OH excluding ortho intramolecular Hbond substituents is 1. The van der Waals surface area contributed by atoms with E-state index in [1.807, 2.05) is 0 Å². The molecule has 0 bridgehead atoms. The SMILES string of the molecule is O=C(NCc1ccc(F)c(F)c1)c1nc(-c2cc(Cl)c(O)c(Cl)c2)n[nH]1. The van der Waals surface area contributed by atoms with Crippen LogP contribution in [0.2, 0.25) is 10.0 Å². The van der Waals surface area contributed by atoms with Gasteiger partial charge < -0.3 is 10.4 Å². The number of aromatic hydroxyl groups is 1. The Labute approximate surface area is 155 Å².